The summed E-state index contributed by atoms with van der Waals surface area (Å²) >= 11 is 5.47. The number of hydrogen-bond acceptors (Lipinski definition) is 3. The van der Waals surface area contributed by atoms with Crippen LogP contribution in [0.15, 0.2) is 30.3 Å². The van der Waals surface area contributed by atoms with Crippen molar-refractivity contribution in [3.63, 3.8) is 0 Å². The van der Waals surface area contributed by atoms with Crippen LogP contribution in [0, 0.1) is 5.41 Å². The molecule has 1 saturated carbocycles. The summed E-state index contributed by atoms with van der Waals surface area (Å²) in [6.07, 6.45) is 4.37. The maximum absolute atomic E-state index is 12.8. The Bertz CT molecular complexity index is 600. The van der Waals surface area contributed by atoms with Gasteiger partial charge in [-0.15, -0.1) is 0 Å². The molecule has 6 heteroatoms. The minimum Gasteiger partial charge on any atom is -0.358 e. The van der Waals surface area contributed by atoms with Crippen LogP contribution in [0.4, 0.5) is 0 Å². The third kappa shape index (κ3) is 6.25. The second kappa shape index (κ2) is 9.33. The fourth-order valence-electron chi connectivity index (χ4n) is 3.24. The fourth-order valence-corrected chi connectivity index (χ4v) is 3.51. The molecule has 1 fully saturated rings. The summed E-state index contributed by atoms with van der Waals surface area (Å²) in [5, 5.41) is 10.0. The normalized spacial score (nSPS) is 21.5. The lowest BCUT2D eigenvalue weighted by atomic mass is 9.86. The average Bonchev–Trinajstić information content (AvgIpc) is 2.59. The molecular formula is C20H32N4OS. The highest BCUT2D eigenvalue weighted by molar-refractivity contribution is 7.80. The van der Waals surface area contributed by atoms with Crippen LogP contribution in [0.5, 0.6) is 0 Å². The number of nitrogens with one attached hydrogen (secondary N) is 3. The predicted octanol–water partition coefficient (Wildman–Crippen LogP) is 2.45. The lowest BCUT2D eigenvalue weighted by Crippen LogP contribution is -2.59. The van der Waals surface area contributed by atoms with Crippen molar-refractivity contribution >= 4 is 23.2 Å². The molecule has 0 heterocycles. The van der Waals surface area contributed by atoms with Gasteiger partial charge in [-0.25, -0.2) is 0 Å². The molecule has 26 heavy (non-hydrogen) atoms. The molecule has 5 N–H and O–H groups in total. The van der Waals surface area contributed by atoms with Crippen molar-refractivity contribution in [2.45, 2.75) is 71.1 Å². The maximum Gasteiger partial charge on any atom is 0.243 e. The van der Waals surface area contributed by atoms with E-state index in [-0.39, 0.29) is 23.4 Å². The molecule has 1 aliphatic carbocycles. The summed E-state index contributed by atoms with van der Waals surface area (Å²) < 4.78 is 0. The lowest BCUT2D eigenvalue weighted by molar-refractivity contribution is -0.125. The van der Waals surface area contributed by atoms with Gasteiger partial charge < -0.3 is 21.7 Å². The SMILES string of the molecule is CC(C)(C)[C@H](NC(=S)N[C@@H]1CCCC[C@H]1N)C(=O)NCc1ccccc1. The van der Waals surface area contributed by atoms with Crippen molar-refractivity contribution in [2.75, 3.05) is 0 Å². The van der Waals surface area contributed by atoms with Crippen molar-refractivity contribution in [2.24, 2.45) is 11.1 Å². The third-order valence-electron chi connectivity index (χ3n) is 4.85. The zero-order valence-electron chi connectivity index (χ0n) is 16.0. The van der Waals surface area contributed by atoms with Gasteiger partial charge in [0.1, 0.15) is 6.04 Å². The molecule has 5 nitrogen and oxygen atoms in total. The van der Waals surface area contributed by atoms with E-state index in [1.807, 2.05) is 51.1 Å². The van der Waals surface area contributed by atoms with E-state index >= 15 is 0 Å². The molecule has 1 aromatic rings. The first-order valence-electron chi connectivity index (χ1n) is 9.41. The van der Waals surface area contributed by atoms with E-state index in [4.69, 9.17) is 18.0 Å². The van der Waals surface area contributed by atoms with Gasteiger partial charge >= 0.3 is 0 Å². The van der Waals surface area contributed by atoms with Crippen molar-refractivity contribution in [3.05, 3.63) is 35.9 Å². The van der Waals surface area contributed by atoms with Crippen LogP contribution in [0.3, 0.4) is 0 Å². The van der Waals surface area contributed by atoms with Gasteiger partial charge in [0.2, 0.25) is 5.91 Å². The molecule has 0 saturated heterocycles. The number of amides is 1. The molecule has 1 amide bonds. The third-order valence-corrected chi connectivity index (χ3v) is 5.08. The first-order chi connectivity index (χ1) is 12.3. The highest BCUT2D eigenvalue weighted by Crippen LogP contribution is 2.20. The Morgan fingerprint density at radius 1 is 1.23 bits per heavy atom. The Hall–Kier alpha value is -1.66. The highest BCUT2D eigenvalue weighted by Gasteiger charge is 2.32. The lowest BCUT2D eigenvalue weighted by Gasteiger charge is -2.34. The molecule has 0 spiro atoms. The molecule has 144 valence electrons. The maximum atomic E-state index is 12.8. The molecule has 1 aliphatic rings. The van der Waals surface area contributed by atoms with Crippen molar-refractivity contribution in [1.82, 2.24) is 16.0 Å². The summed E-state index contributed by atoms with van der Waals surface area (Å²) in [5.41, 5.74) is 6.98. The summed E-state index contributed by atoms with van der Waals surface area (Å²) in [7, 11) is 0. The number of benzene rings is 1. The van der Waals surface area contributed by atoms with Gasteiger partial charge in [0, 0.05) is 18.6 Å². The number of carbonyl (C=O) groups excluding carboxylic acids is 1. The van der Waals surface area contributed by atoms with Gasteiger partial charge in [0.05, 0.1) is 0 Å². The summed E-state index contributed by atoms with van der Waals surface area (Å²) in [5.74, 6) is -0.0570. The average molecular weight is 377 g/mol. The molecule has 0 radical (unpaired) electrons. The zero-order valence-corrected chi connectivity index (χ0v) is 16.9. The molecule has 1 aromatic carbocycles. The van der Waals surface area contributed by atoms with Gasteiger partial charge in [-0.1, -0.05) is 63.9 Å². The number of carbonyl (C=O) groups is 1. The molecule has 0 unspecified atom stereocenters. The molecule has 0 aromatic heterocycles. The van der Waals surface area contributed by atoms with E-state index < -0.39 is 6.04 Å². The summed E-state index contributed by atoms with van der Waals surface area (Å²) in [4.78, 5) is 12.8. The predicted molar refractivity (Wildman–Crippen MR) is 111 cm³/mol. The molecular weight excluding hydrogens is 344 g/mol. The number of thiocarbonyl (C=S) groups is 1. The molecule has 0 bridgehead atoms. The number of rotatable bonds is 5. The highest BCUT2D eigenvalue weighted by atomic mass is 32.1. The van der Waals surface area contributed by atoms with Crippen LogP contribution in [-0.4, -0.2) is 29.1 Å². The standard InChI is InChI=1S/C20H32N4OS/c1-20(2,3)17(18(25)22-13-14-9-5-4-6-10-14)24-19(26)23-16-12-8-7-11-15(16)21/h4-6,9-10,15-17H,7-8,11-13,21H2,1-3H3,(H,22,25)(H2,23,24,26)/t15-,16-,17-/m1/s1. The number of nitrogens with two attached hydrogens (primary N) is 1. The van der Waals surface area contributed by atoms with Gasteiger partial charge in [-0.05, 0) is 36.0 Å². The van der Waals surface area contributed by atoms with Gasteiger partial charge in [-0.2, -0.15) is 0 Å². The van der Waals surface area contributed by atoms with Crippen molar-refractivity contribution < 1.29 is 4.79 Å². The second-order valence-electron chi connectivity index (χ2n) is 8.18. The first kappa shape index (κ1) is 20.6. The second-order valence-corrected chi connectivity index (χ2v) is 8.58. The van der Waals surface area contributed by atoms with Crippen LogP contribution >= 0.6 is 12.2 Å². The van der Waals surface area contributed by atoms with Crippen LogP contribution in [0.25, 0.3) is 0 Å². The van der Waals surface area contributed by atoms with E-state index in [0.717, 1.165) is 24.8 Å². The Kier molecular flexibility index (Phi) is 7.41. The van der Waals surface area contributed by atoms with Crippen molar-refractivity contribution in [1.29, 1.82) is 0 Å². The van der Waals surface area contributed by atoms with Crippen LogP contribution in [-0.2, 0) is 11.3 Å². The van der Waals surface area contributed by atoms with E-state index in [2.05, 4.69) is 16.0 Å². The van der Waals surface area contributed by atoms with Crippen LogP contribution in [0.1, 0.15) is 52.0 Å². The summed E-state index contributed by atoms with van der Waals surface area (Å²) in [6.45, 7) is 6.59. The zero-order chi connectivity index (χ0) is 19.2. The van der Waals surface area contributed by atoms with Gasteiger partial charge in [0.25, 0.3) is 0 Å². The van der Waals surface area contributed by atoms with Crippen LogP contribution < -0.4 is 21.7 Å². The Balaban J connectivity index is 1.93. The van der Waals surface area contributed by atoms with Gasteiger partial charge in [-0.3, -0.25) is 4.79 Å². The monoisotopic (exact) mass is 376 g/mol. The molecule has 2 rings (SSSR count). The quantitative estimate of drug-likeness (QED) is 0.594. The number of hydrogen-bond donors (Lipinski definition) is 4. The Labute approximate surface area is 162 Å². The van der Waals surface area contributed by atoms with Crippen LogP contribution in [0.2, 0.25) is 0 Å². The molecule has 3 atom stereocenters. The Morgan fingerprint density at radius 2 is 1.88 bits per heavy atom. The van der Waals surface area contributed by atoms with Gasteiger partial charge in [0.15, 0.2) is 5.11 Å². The smallest absolute Gasteiger partial charge is 0.243 e. The minimum atomic E-state index is -0.425. The van der Waals surface area contributed by atoms with E-state index in [9.17, 15) is 4.79 Å². The van der Waals surface area contributed by atoms with Crippen molar-refractivity contribution in [3.8, 4) is 0 Å². The first-order valence-corrected chi connectivity index (χ1v) is 9.82. The van der Waals surface area contributed by atoms with E-state index in [1.54, 1.807) is 0 Å². The fraction of sp³-hybridized carbons (Fsp3) is 0.600. The Morgan fingerprint density at radius 3 is 2.50 bits per heavy atom. The largest absolute Gasteiger partial charge is 0.358 e. The minimum absolute atomic E-state index is 0.0570. The summed E-state index contributed by atoms with van der Waals surface area (Å²) in [6, 6.07) is 9.75. The van der Waals surface area contributed by atoms with E-state index in [1.165, 1.54) is 6.42 Å². The van der Waals surface area contributed by atoms with E-state index in [0.29, 0.717) is 11.7 Å². The topological polar surface area (TPSA) is 79.2 Å². The molecule has 0 aliphatic heterocycles.